The van der Waals surface area contributed by atoms with Crippen LogP contribution in [0, 0.1) is 23.7 Å². The van der Waals surface area contributed by atoms with Crippen LogP contribution in [0.25, 0.3) is 0 Å². The molecule has 0 spiro atoms. The molecule has 9 nitrogen and oxygen atoms in total. The monoisotopic (exact) mass is 696 g/mol. The van der Waals surface area contributed by atoms with Gasteiger partial charge in [0.05, 0.1) is 11.0 Å². The summed E-state index contributed by atoms with van der Waals surface area (Å²) in [4.78, 5) is 61.6. The molecule has 0 saturated carbocycles. The lowest BCUT2D eigenvalue weighted by Gasteiger charge is -2.39. The van der Waals surface area contributed by atoms with Crippen molar-refractivity contribution in [2.45, 2.75) is 124 Å². The Morgan fingerprint density at radius 1 is 1.08 bits per heavy atom. The van der Waals surface area contributed by atoms with E-state index in [0.29, 0.717) is 31.5 Å². The zero-order valence-corrected chi connectivity index (χ0v) is 31.8. The number of aldehydes is 1. The van der Waals surface area contributed by atoms with E-state index in [1.54, 1.807) is 17.5 Å². The third kappa shape index (κ3) is 11.5. The summed E-state index contributed by atoms with van der Waals surface area (Å²) >= 11 is 1.45. The first-order valence-corrected chi connectivity index (χ1v) is 19.2. The maximum Gasteiger partial charge on any atom is 0.270 e. The van der Waals surface area contributed by atoms with Crippen LogP contribution in [0.5, 0.6) is 5.75 Å². The Balaban J connectivity index is 1.73. The second-order valence-corrected chi connectivity index (χ2v) is 15.6. The highest BCUT2D eigenvalue weighted by atomic mass is 32.1. The zero-order chi connectivity index (χ0) is 36.2. The molecule has 0 bridgehead atoms. The topological polar surface area (TPSA) is 120 Å². The molecule has 0 radical (unpaired) electrons. The number of hydrogen-bond donors (Lipinski definition) is 2. The van der Waals surface area contributed by atoms with Gasteiger partial charge < -0.3 is 20.1 Å². The number of nitrogens with one attached hydrogen (secondary N) is 1. The number of benzene rings is 1. The van der Waals surface area contributed by atoms with E-state index < -0.39 is 0 Å². The van der Waals surface area contributed by atoms with Gasteiger partial charge in [0.2, 0.25) is 5.91 Å². The first kappa shape index (κ1) is 40.3. The van der Waals surface area contributed by atoms with Crippen molar-refractivity contribution in [3.05, 3.63) is 45.9 Å². The van der Waals surface area contributed by atoms with Gasteiger partial charge >= 0.3 is 0 Å². The van der Waals surface area contributed by atoms with Crippen molar-refractivity contribution in [2.75, 3.05) is 20.1 Å². The third-order valence-corrected chi connectivity index (χ3v) is 11.5. The number of amides is 2. The average Bonchev–Trinajstić information content (AvgIpc) is 3.58. The van der Waals surface area contributed by atoms with Gasteiger partial charge in [-0.2, -0.15) is 0 Å². The van der Waals surface area contributed by atoms with Gasteiger partial charge in [0.25, 0.3) is 5.91 Å². The summed E-state index contributed by atoms with van der Waals surface area (Å²) in [5, 5.41) is 15.4. The average molecular weight is 697 g/mol. The molecule has 272 valence electrons. The van der Waals surface area contributed by atoms with Crippen LogP contribution in [0.3, 0.4) is 0 Å². The Labute approximate surface area is 298 Å². The minimum Gasteiger partial charge on any atom is -0.508 e. The number of thiazole rings is 1. The Morgan fingerprint density at radius 2 is 1.78 bits per heavy atom. The van der Waals surface area contributed by atoms with Crippen molar-refractivity contribution in [1.29, 1.82) is 0 Å². The van der Waals surface area contributed by atoms with Crippen LogP contribution in [0.1, 0.15) is 120 Å². The van der Waals surface area contributed by atoms with Crippen LogP contribution in [0.4, 0.5) is 0 Å². The van der Waals surface area contributed by atoms with Crippen molar-refractivity contribution in [1.82, 2.24) is 20.1 Å². The second kappa shape index (κ2) is 19.3. The molecule has 3 rings (SSSR count). The molecule has 1 saturated heterocycles. The van der Waals surface area contributed by atoms with E-state index in [-0.39, 0.29) is 77.5 Å². The number of rotatable bonds is 19. The van der Waals surface area contributed by atoms with Crippen LogP contribution in [0.15, 0.2) is 29.6 Å². The van der Waals surface area contributed by atoms with E-state index in [2.05, 4.69) is 44.8 Å². The number of carbonyl (C=O) groups excluding carboxylic acids is 4. The molecule has 2 N–H and O–H groups in total. The summed E-state index contributed by atoms with van der Waals surface area (Å²) in [6.07, 6.45) is 6.74. The molecule has 1 aromatic carbocycles. The van der Waals surface area contributed by atoms with Crippen molar-refractivity contribution < 1.29 is 24.3 Å². The number of carbonyl (C=O) groups is 4. The number of phenolic OH excluding ortho intramolecular Hbond substituents is 1. The van der Waals surface area contributed by atoms with Crippen molar-refractivity contribution in [3.8, 4) is 5.75 Å². The lowest BCUT2D eigenvalue weighted by Crippen LogP contribution is -2.49. The standard InChI is InChI=1S/C39H60N4O5S/c1-9-27(6)32(22-36(46)34-13-11-12-18-42(34)8)39(48)43(10-2)35(25(3)4)20-28(7)38-41-33(24-49-38)37(47)40-30(19-26(5)23-44)21-29-14-16-31(45)17-15-29/h14-17,23-28,30,32,34-35,45H,9-13,18-22H2,1-8H3,(H,40,47)/t26-,27?,28+,30+,32-,34+,35+/m0/s1. The predicted octanol–water partition coefficient (Wildman–Crippen LogP) is 6.89. The van der Waals surface area contributed by atoms with Gasteiger partial charge in [0, 0.05) is 48.2 Å². The van der Waals surface area contributed by atoms with Crippen molar-refractivity contribution in [2.24, 2.45) is 23.7 Å². The quantitative estimate of drug-likeness (QED) is 0.154. The number of likely N-dealkylation sites (tertiary alicyclic amines) is 1. The van der Waals surface area contributed by atoms with Crippen molar-refractivity contribution in [3.63, 3.8) is 0 Å². The van der Waals surface area contributed by atoms with E-state index in [4.69, 9.17) is 4.98 Å². The number of likely N-dealkylation sites (N-methyl/N-ethyl adjacent to an activating group) is 1. The normalized spacial score (nSPS) is 19.0. The molecular weight excluding hydrogens is 637 g/mol. The van der Waals surface area contributed by atoms with Gasteiger partial charge in [0.15, 0.2) is 5.78 Å². The lowest BCUT2D eigenvalue weighted by atomic mass is 9.82. The third-order valence-electron chi connectivity index (χ3n) is 10.4. The largest absolute Gasteiger partial charge is 0.508 e. The molecular formula is C39H60N4O5S. The maximum atomic E-state index is 14.3. The van der Waals surface area contributed by atoms with Crippen molar-refractivity contribution >= 4 is 35.2 Å². The van der Waals surface area contributed by atoms with Crippen LogP contribution >= 0.6 is 11.3 Å². The number of ketones is 1. The highest BCUT2D eigenvalue weighted by molar-refractivity contribution is 7.09. The number of hydrogen-bond acceptors (Lipinski definition) is 8. The molecule has 1 aliphatic rings. The molecule has 1 unspecified atom stereocenters. The molecule has 7 atom stereocenters. The summed E-state index contributed by atoms with van der Waals surface area (Å²) in [5.74, 6) is -0.148. The number of phenols is 1. The van der Waals surface area contributed by atoms with Gasteiger partial charge in [-0.1, -0.05) is 66.5 Å². The van der Waals surface area contributed by atoms with Gasteiger partial charge in [-0.05, 0) is 82.2 Å². The molecule has 2 aromatic rings. The SMILES string of the molecule is CCC(C)[C@H](CC(=O)[C@H]1CCCCN1C)C(=O)N(CC)[C@H](C[C@@H](C)c1nc(C(=O)N[C@@H](Cc2ccc(O)cc2)C[C@H](C)C=O)cs1)C(C)C. The van der Waals surface area contributed by atoms with Crippen LogP contribution in [0.2, 0.25) is 0 Å². The molecule has 1 aliphatic heterocycles. The van der Waals surface area contributed by atoms with Gasteiger partial charge in [-0.25, -0.2) is 4.98 Å². The van der Waals surface area contributed by atoms with E-state index >= 15 is 0 Å². The van der Waals surface area contributed by atoms with E-state index in [0.717, 1.165) is 49.1 Å². The Bertz CT molecular complexity index is 1360. The van der Waals surface area contributed by atoms with Gasteiger partial charge in [-0.15, -0.1) is 11.3 Å². The van der Waals surface area contributed by atoms with Crippen LogP contribution in [-0.4, -0.2) is 82.0 Å². The van der Waals surface area contributed by atoms with Crippen LogP contribution < -0.4 is 5.32 Å². The summed E-state index contributed by atoms with van der Waals surface area (Å²) < 4.78 is 0. The number of piperidine rings is 1. The minimum absolute atomic E-state index is 0.00301. The first-order valence-electron chi connectivity index (χ1n) is 18.3. The number of aromatic nitrogens is 1. The number of Topliss-reactive ketones (excluding diaryl/α,β-unsaturated/α-hetero) is 1. The Morgan fingerprint density at radius 3 is 2.37 bits per heavy atom. The Kier molecular flexibility index (Phi) is 15.9. The van der Waals surface area contributed by atoms with E-state index in [1.807, 2.05) is 37.9 Å². The summed E-state index contributed by atoms with van der Waals surface area (Å²) in [6.45, 7) is 15.9. The lowest BCUT2D eigenvalue weighted by molar-refractivity contribution is -0.144. The Hall–Kier alpha value is -3.11. The summed E-state index contributed by atoms with van der Waals surface area (Å²) in [6, 6.07) is 6.43. The van der Waals surface area contributed by atoms with Crippen LogP contribution in [-0.2, 0) is 20.8 Å². The first-order chi connectivity index (χ1) is 23.3. The fourth-order valence-corrected chi connectivity index (χ4v) is 8.00. The van der Waals surface area contributed by atoms with E-state index in [1.165, 1.54) is 11.3 Å². The predicted molar refractivity (Wildman–Crippen MR) is 197 cm³/mol. The van der Waals surface area contributed by atoms with Gasteiger partial charge in [0.1, 0.15) is 17.7 Å². The van der Waals surface area contributed by atoms with Gasteiger partial charge in [-0.3, -0.25) is 19.3 Å². The molecule has 1 fully saturated rings. The maximum absolute atomic E-state index is 14.3. The smallest absolute Gasteiger partial charge is 0.270 e. The molecule has 0 aliphatic carbocycles. The molecule has 2 heterocycles. The second-order valence-electron chi connectivity index (χ2n) is 14.7. The highest BCUT2D eigenvalue weighted by Crippen LogP contribution is 2.32. The molecule has 2 amide bonds. The molecule has 49 heavy (non-hydrogen) atoms. The molecule has 10 heteroatoms. The number of aromatic hydroxyl groups is 1. The fourth-order valence-electron chi connectivity index (χ4n) is 7.13. The number of nitrogens with zero attached hydrogens (tertiary/aromatic N) is 3. The highest BCUT2D eigenvalue weighted by Gasteiger charge is 2.37. The zero-order valence-electron chi connectivity index (χ0n) is 31.0. The fraction of sp³-hybridized carbons (Fsp3) is 0.667. The van der Waals surface area contributed by atoms with E-state index in [9.17, 15) is 24.3 Å². The summed E-state index contributed by atoms with van der Waals surface area (Å²) in [7, 11) is 2.02. The summed E-state index contributed by atoms with van der Waals surface area (Å²) in [5.41, 5.74) is 1.29. The molecule has 1 aromatic heterocycles. The minimum atomic E-state index is -0.351.